The average Bonchev–Trinajstić information content (AvgIpc) is 2.83. The van der Waals surface area contributed by atoms with Crippen molar-refractivity contribution >= 4 is 6.09 Å². The molecule has 0 radical (unpaired) electrons. The van der Waals surface area contributed by atoms with Crippen LogP contribution in [0, 0.1) is 5.92 Å². The van der Waals surface area contributed by atoms with E-state index in [0.717, 1.165) is 25.2 Å². The molecule has 0 aliphatic rings. The second kappa shape index (κ2) is 8.91. The minimum absolute atomic E-state index is 0.0207. The largest absolute Gasteiger partial charge is 0.444 e. The molecule has 0 bridgehead atoms. The number of carbonyl (C=O) groups excluding carboxylic acids is 1. The van der Waals surface area contributed by atoms with Crippen molar-refractivity contribution in [1.82, 2.24) is 20.4 Å². The summed E-state index contributed by atoms with van der Waals surface area (Å²) in [6, 6.07) is 2.04. The van der Waals surface area contributed by atoms with E-state index in [1.807, 2.05) is 37.7 Å². The van der Waals surface area contributed by atoms with Crippen molar-refractivity contribution in [3.8, 4) is 0 Å². The lowest BCUT2D eigenvalue weighted by molar-refractivity contribution is 0.0490. The number of hydrogen-bond acceptors (Lipinski definition) is 4. The molecule has 1 rings (SSSR count). The molecule has 0 saturated carbocycles. The number of carbonyl (C=O) groups is 1. The topological polar surface area (TPSA) is 68.2 Å². The van der Waals surface area contributed by atoms with Crippen LogP contribution in [0.25, 0.3) is 0 Å². The van der Waals surface area contributed by atoms with E-state index in [2.05, 4.69) is 36.5 Å². The van der Waals surface area contributed by atoms with Crippen molar-refractivity contribution in [1.29, 1.82) is 0 Å². The van der Waals surface area contributed by atoms with Gasteiger partial charge in [0.15, 0.2) is 0 Å². The molecule has 23 heavy (non-hydrogen) atoms. The number of amides is 1. The fourth-order valence-electron chi connectivity index (χ4n) is 2.19. The first-order chi connectivity index (χ1) is 10.7. The molecule has 0 aliphatic carbocycles. The average molecular weight is 324 g/mol. The van der Waals surface area contributed by atoms with E-state index in [0.29, 0.717) is 12.5 Å². The third kappa shape index (κ3) is 7.50. The van der Waals surface area contributed by atoms with Gasteiger partial charge in [-0.2, -0.15) is 5.10 Å². The zero-order valence-electron chi connectivity index (χ0n) is 15.3. The molecule has 0 saturated heterocycles. The summed E-state index contributed by atoms with van der Waals surface area (Å²) in [5.74, 6) is 0.315. The molecule has 1 atom stereocenters. The Morgan fingerprint density at radius 1 is 1.39 bits per heavy atom. The van der Waals surface area contributed by atoms with Crippen LogP contribution in [0.1, 0.15) is 53.7 Å². The van der Waals surface area contributed by atoms with Crippen LogP contribution in [0.15, 0.2) is 12.3 Å². The first-order valence-electron chi connectivity index (χ1n) is 8.44. The summed E-state index contributed by atoms with van der Waals surface area (Å²) in [5.41, 5.74) is 0.678. The Bertz CT molecular complexity index is 477. The summed E-state index contributed by atoms with van der Waals surface area (Å²) < 4.78 is 7.34. The molecule has 1 aromatic heterocycles. The number of rotatable bonds is 8. The Morgan fingerprint density at radius 2 is 2.09 bits per heavy atom. The zero-order chi connectivity index (χ0) is 17.5. The van der Waals surface area contributed by atoms with Crippen molar-refractivity contribution in [3.63, 3.8) is 0 Å². The number of nitrogens with one attached hydrogen (secondary N) is 2. The highest BCUT2D eigenvalue weighted by Gasteiger charge is 2.21. The molecule has 0 aromatic carbocycles. The van der Waals surface area contributed by atoms with E-state index in [4.69, 9.17) is 4.74 Å². The summed E-state index contributed by atoms with van der Waals surface area (Å²) in [6.45, 7) is 14.3. The molecular weight excluding hydrogens is 292 g/mol. The molecule has 6 nitrogen and oxygen atoms in total. The fraction of sp³-hybridized carbons (Fsp3) is 0.765. The predicted molar refractivity (Wildman–Crippen MR) is 92.2 cm³/mol. The lowest BCUT2D eigenvalue weighted by Gasteiger charge is -2.26. The number of aromatic nitrogens is 2. The Hall–Kier alpha value is -1.56. The van der Waals surface area contributed by atoms with E-state index < -0.39 is 5.60 Å². The van der Waals surface area contributed by atoms with Crippen LogP contribution in [0.3, 0.4) is 0 Å². The van der Waals surface area contributed by atoms with Gasteiger partial charge in [-0.3, -0.25) is 4.68 Å². The molecule has 0 aliphatic heterocycles. The summed E-state index contributed by atoms with van der Waals surface area (Å²) in [5, 5.41) is 10.7. The number of alkyl carbamates (subject to hydrolysis) is 1. The Morgan fingerprint density at radius 3 is 2.65 bits per heavy atom. The van der Waals surface area contributed by atoms with Crippen molar-refractivity contribution in [2.24, 2.45) is 5.92 Å². The van der Waals surface area contributed by atoms with Crippen LogP contribution in [0.4, 0.5) is 4.79 Å². The predicted octanol–water partition coefficient (Wildman–Crippen LogP) is 2.93. The maximum Gasteiger partial charge on any atom is 0.407 e. The molecule has 0 spiro atoms. The normalized spacial score (nSPS) is 13.2. The first-order valence-corrected chi connectivity index (χ1v) is 8.44. The highest BCUT2D eigenvalue weighted by Crippen LogP contribution is 2.08. The molecule has 1 aromatic rings. The lowest BCUT2D eigenvalue weighted by Crippen LogP contribution is -2.47. The summed E-state index contributed by atoms with van der Waals surface area (Å²) in [7, 11) is 0. The highest BCUT2D eigenvalue weighted by atomic mass is 16.6. The number of hydrogen-bond donors (Lipinski definition) is 2. The van der Waals surface area contributed by atoms with Crippen LogP contribution in [0.5, 0.6) is 0 Å². The van der Waals surface area contributed by atoms with Gasteiger partial charge in [-0.25, -0.2) is 4.79 Å². The van der Waals surface area contributed by atoms with Crippen LogP contribution < -0.4 is 10.6 Å². The van der Waals surface area contributed by atoms with Gasteiger partial charge >= 0.3 is 6.09 Å². The maximum absolute atomic E-state index is 11.9. The molecule has 1 heterocycles. The minimum atomic E-state index is -0.480. The Labute approximate surface area is 140 Å². The monoisotopic (exact) mass is 324 g/mol. The van der Waals surface area contributed by atoms with Crippen molar-refractivity contribution in [2.75, 3.05) is 6.54 Å². The maximum atomic E-state index is 11.9. The second-order valence-corrected chi connectivity index (χ2v) is 7.17. The molecule has 132 valence electrons. The summed E-state index contributed by atoms with van der Waals surface area (Å²) in [4.78, 5) is 11.9. The zero-order valence-corrected chi connectivity index (χ0v) is 15.3. The second-order valence-electron chi connectivity index (χ2n) is 7.17. The van der Waals surface area contributed by atoms with E-state index in [1.165, 1.54) is 0 Å². The van der Waals surface area contributed by atoms with Crippen molar-refractivity contribution in [2.45, 2.75) is 72.7 Å². The van der Waals surface area contributed by atoms with E-state index in [-0.39, 0.29) is 12.1 Å². The molecule has 0 fully saturated rings. The van der Waals surface area contributed by atoms with Gasteiger partial charge in [0, 0.05) is 31.9 Å². The molecular formula is C17H32N4O2. The van der Waals surface area contributed by atoms with Gasteiger partial charge in [-0.15, -0.1) is 0 Å². The van der Waals surface area contributed by atoms with Gasteiger partial charge in [0.2, 0.25) is 0 Å². The molecule has 1 amide bonds. The smallest absolute Gasteiger partial charge is 0.407 e. The van der Waals surface area contributed by atoms with E-state index >= 15 is 0 Å². The SMILES string of the molecule is CCCn1nccc1CNCC(NC(=O)OC(C)(C)C)C(C)C. The van der Waals surface area contributed by atoms with Crippen LogP contribution >= 0.6 is 0 Å². The highest BCUT2D eigenvalue weighted by molar-refractivity contribution is 5.68. The van der Waals surface area contributed by atoms with Crippen molar-refractivity contribution < 1.29 is 9.53 Å². The van der Waals surface area contributed by atoms with E-state index in [1.54, 1.807) is 0 Å². The minimum Gasteiger partial charge on any atom is -0.444 e. The molecule has 1 unspecified atom stereocenters. The molecule has 2 N–H and O–H groups in total. The Kier molecular flexibility index (Phi) is 7.55. The van der Waals surface area contributed by atoms with Gasteiger partial charge in [0.25, 0.3) is 0 Å². The van der Waals surface area contributed by atoms with E-state index in [9.17, 15) is 4.79 Å². The van der Waals surface area contributed by atoms with Crippen LogP contribution in [-0.2, 0) is 17.8 Å². The van der Waals surface area contributed by atoms with Gasteiger partial charge < -0.3 is 15.4 Å². The van der Waals surface area contributed by atoms with Gasteiger partial charge in [0.05, 0.1) is 5.69 Å². The lowest BCUT2D eigenvalue weighted by atomic mass is 10.0. The number of nitrogens with zero attached hydrogens (tertiary/aromatic N) is 2. The Balaban J connectivity index is 2.47. The van der Waals surface area contributed by atoms with Crippen LogP contribution in [-0.4, -0.2) is 34.1 Å². The third-order valence-electron chi connectivity index (χ3n) is 3.42. The standard InChI is InChI=1S/C17H32N4O2/c1-7-10-21-14(8-9-19-21)11-18-12-15(13(2)3)20-16(22)23-17(4,5)6/h8-9,13,15,18H,7,10-12H2,1-6H3,(H,20,22). The van der Waals surface area contributed by atoms with Gasteiger partial charge in [0.1, 0.15) is 5.60 Å². The van der Waals surface area contributed by atoms with Gasteiger partial charge in [-0.05, 0) is 39.2 Å². The number of aryl methyl sites for hydroxylation is 1. The summed E-state index contributed by atoms with van der Waals surface area (Å²) >= 11 is 0. The fourth-order valence-corrected chi connectivity index (χ4v) is 2.19. The molecule has 6 heteroatoms. The number of ether oxygens (including phenoxy) is 1. The first kappa shape index (κ1) is 19.5. The quantitative estimate of drug-likeness (QED) is 0.771. The third-order valence-corrected chi connectivity index (χ3v) is 3.42. The van der Waals surface area contributed by atoms with Crippen molar-refractivity contribution in [3.05, 3.63) is 18.0 Å². The van der Waals surface area contributed by atoms with Crippen LogP contribution in [0.2, 0.25) is 0 Å². The van der Waals surface area contributed by atoms with Gasteiger partial charge in [-0.1, -0.05) is 20.8 Å². The summed E-state index contributed by atoms with van der Waals surface area (Å²) in [6.07, 6.45) is 2.52.